The number of hydrogen-bond acceptors (Lipinski definition) is 3. The van der Waals surface area contributed by atoms with Crippen LogP contribution in [0.5, 0.6) is 0 Å². The number of nitrogens with zero attached hydrogens (tertiary/aromatic N) is 1. The maximum Gasteiger partial charge on any atom is 0.255 e. The molecule has 1 aliphatic heterocycles. The second kappa shape index (κ2) is 7.92. The van der Waals surface area contributed by atoms with Crippen LogP contribution in [0.25, 0.3) is 0 Å². The van der Waals surface area contributed by atoms with E-state index in [4.69, 9.17) is 11.6 Å². The summed E-state index contributed by atoms with van der Waals surface area (Å²) in [5, 5.41) is 2.50. The maximum atomic E-state index is 14.2. The first-order valence-corrected chi connectivity index (χ1v) is 10.2. The molecule has 27 heavy (non-hydrogen) atoms. The van der Waals surface area contributed by atoms with Crippen LogP contribution in [-0.2, 0) is 10.0 Å². The van der Waals surface area contributed by atoms with Gasteiger partial charge in [-0.3, -0.25) is 4.79 Å². The molecule has 1 amide bonds. The molecule has 9 heteroatoms. The molecule has 144 valence electrons. The number of sulfonamides is 1. The van der Waals surface area contributed by atoms with Crippen LogP contribution in [0.2, 0.25) is 5.02 Å². The van der Waals surface area contributed by atoms with E-state index in [0.717, 1.165) is 30.7 Å². The van der Waals surface area contributed by atoms with Crippen molar-refractivity contribution in [2.75, 3.05) is 18.4 Å². The van der Waals surface area contributed by atoms with Crippen LogP contribution < -0.4 is 5.32 Å². The fourth-order valence-corrected chi connectivity index (χ4v) is 4.64. The molecular weight excluding hydrogens is 398 g/mol. The number of piperidine rings is 1. The second-order valence-electron chi connectivity index (χ2n) is 6.19. The maximum absolute atomic E-state index is 14.2. The molecule has 0 unspecified atom stereocenters. The summed E-state index contributed by atoms with van der Waals surface area (Å²) in [6.45, 7) is 0.627. The minimum atomic E-state index is -4.05. The van der Waals surface area contributed by atoms with Crippen molar-refractivity contribution in [1.82, 2.24) is 4.31 Å². The third-order valence-electron chi connectivity index (χ3n) is 4.31. The highest BCUT2D eigenvalue weighted by atomic mass is 35.5. The van der Waals surface area contributed by atoms with E-state index < -0.39 is 32.5 Å². The number of halogens is 3. The Kier molecular flexibility index (Phi) is 5.78. The van der Waals surface area contributed by atoms with Gasteiger partial charge in [-0.05, 0) is 49.2 Å². The highest BCUT2D eigenvalue weighted by molar-refractivity contribution is 7.89. The van der Waals surface area contributed by atoms with Crippen molar-refractivity contribution in [2.24, 2.45) is 0 Å². The average molecular weight is 415 g/mol. The molecule has 0 aromatic heterocycles. The standard InChI is InChI=1S/C18H17ClF2N2O3S/c19-13-5-7-16(15(21)11-13)22-18(24)12-4-6-14(20)17(10-12)27(25,26)23-8-2-1-3-9-23/h4-7,10-11H,1-3,8-9H2,(H,22,24). The Morgan fingerprint density at radius 3 is 2.37 bits per heavy atom. The van der Waals surface area contributed by atoms with Crippen molar-refractivity contribution in [3.8, 4) is 0 Å². The summed E-state index contributed by atoms with van der Waals surface area (Å²) in [5.41, 5.74) is -0.213. The Hall–Kier alpha value is -2.03. The monoisotopic (exact) mass is 414 g/mol. The van der Waals surface area contributed by atoms with Gasteiger partial charge < -0.3 is 5.32 Å². The molecule has 0 radical (unpaired) electrons. The average Bonchev–Trinajstić information content (AvgIpc) is 2.65. The van der Waals surface area contributed by atoms with Crippen molar-refractivity contribution in [3.63, 3.8) is 0 Å². The lowest BCUT2D eigenvalue weighted by atomic mass is 10.2. The Bertz CT molecular complexity index is 977. The van der Waals surface area contributed by atoms with E-state index in [1.54, 1.807) is 0 Å². The largest absolute Gasteiger partial charge is 0.319 e. The minimum absolute atomic E-state index is 0.0960. The number of carbonyl (C=O) groups excluding carboxylic acids is 1. The smallest absolute Gasteiger partial charge is 0.255 e. The fraction of sp³-hybridized carbons (Fsp3) is 0.278. The van der Waals surface area contributed by atoms with Gasteiger partial charge in [0, 0.05) is 23.7 Å². The lowest BCUT2D eigenvalue weighted by molar-refractivity contribution is 0.102. The van der Waals surface area contributed by atoms with Gasteiger partial charge in [-0.15, -0.1) is 0 Å². The van der Waals surface area contributed by atoms with Crippen molar-refractivity contribution in [2.45, 2.75) is 24.2 Å². The van der Waals surface area contributed by atoms with E-state index in [-0.39, 0.29) is 16.3 Å². The summed E-state index contributed by atoms with van der Waals surface area (Å²) in [6.07, 6.45) is 2.33. The molecule has 1 fully saturated rings. The van der Waals surface area contributed by atoms with E-state index in [0.29, 0.717) is 25.9 Å². The molecule has 0 atom stereocenters. The van der Waals surface area contributed by atoms with Gasteiger partial charge in [0.2, 0.25) is 10.0 Å². The Labute approximate surface area is 161 Å². The molecule has 1 saturated heterocycles. The fourth-order valence-electron chi connectivity index (χ4n) is 2.87. The third-order valence-corrected chi connectivity index (χ3v) is 6.45. The summed E-state index contributed by atoms with van der Waals surface area (Å²) in [4.78, 5) is 11.8. The summed E-state index contributed by atoms with van der Waals surface area (Å²) in [5.74, 6) is -2.43. The molecular formula is C18H17ClF2N2O3S. The Morgan fingerprint density at radius 2 is 1.70 bits per heavy atom. The van der Waals surface area contributed by atoms with Crippen LogP contribution >= 0.6 is 11.6 Å². The molecule has 1 heterocycles. The van der Waals surface area contributed by atoms with Crippen LogP contribution in [0, 0.1) is 11.6 Å². The third kappa shape index (κ3) is 4.28. The number of anilines is 1. The van der Waals surface area contributed by atoms with E-state index in [2.05, 4.69) is 5.32 Å². The number of benzene rings is 2. The molecule has 3 rings (SSSR count). The van der Waals surface area contributed by atoms with Gasteiger partial charge in [-0.2, -0.15) is 4.31 Å². The Morgan fingerprint density at radius 1 is 1.00 bits per heavy atom. The Balaban J connectivity index is 1.89. The van der Waals surface area contributed by atoms with Crippen LogP contribution in [0.4, 0.5) is 14.5 Å². The first-order chi connectivity index (χ1) is 12.8. The van der Waals surface area contributed by atoms with E-state index in [1.807, 2.05) is 0 Å². The molecule has 2 aromatic rings. The highest BCUT2D eigenvalue weighted by Crippen LogP contribution is 2.25. The van der Waals surface area contributed by atoms with Crippen LogP contribution in [0.3, 0.4) is 0 Å². The molecule has 2 aromatic carbocycles. The number of hydrogen-bond donors (Lipinski definition) is 1. The van der Waals surface area contributed by atoms with Crippen LogP contribution in [0.1, 0.15) is 29.6 Å². The van der Waals surface area contributed by atoms with Crippen molar-refractivity contribution >= 4 is 33.2 Å². The van der Waals surface area contributed by atoms with Gasteiger partial charge in [-0.25, -0.2) is 17.2 Å². The zero-order valence-corrected chi connectivity index (χ0v) is 15.8. The lowest BCUT2D eigenvalue weighted by Gasteiger charge is -2.26. The molecule has 5 nitrogen and oxygen atoms in total. The van der Waals surface area contributed by atoms with Crippen molar-refractivity contribution in [3.05, 3.63) is 58.6 Å². The number of nitrogens with one attached hydrogen (secondary N) is 1. The second-order valence-corrected chi connectivity index (χ2v) is 8.53. The first-order valence-electron chi connectivity index (χ1n) is 8.35. The number of carbonyl (C=O) groups is 1. The van der Waals surface area contributed by atoms with E-state index >= 15 is 0 Å². The lowest BCUT2D eigenvalue weighted by Crippen LogP contribution is -2.36. The van der Waals surface area contributed by atoms with Crippen LogP contribution in [-0.4, -0.2) is 31.7 Å². The first kappa shape index (κ1) is 19.7. The van der Waals surface area contributed by atoms with Gasteiger partial charge in [0.05, 0.1) is 5.69 Å². The SMILES string of the molecule is O=C(Nc1ccc(Cl)cc1F)c1ccc(F)c(S(=O)(=O)N2CCCCC2)c1. The van der Waals surface area contributed by atoms with E-state index in [9.17, 15) is 22.0 Å². The molecule has 0 bridgehead atoms. The van der Waals surface area contributed by atoms with Crippen LogP contribution in [0.15, 0.2) is 41.3 Å². The van der Waals surface area contributed by atoms with Gasteiger partial charge in [0.25, 0.3) is 5.91 Å². The van der Waals surface area contributed by atoms with Gasteiger partial charge in [-0.1, -0.05) is 18.0 Å². The minimum Gasteiger partial charge on any atom is -0.319 e. The summed E-state index contributed by atoms with van der Waals surface area (Å²) >= 11 is 5.67. The number of amides is 1. The highest BCUT2D eigenvalue weighted by Gasteiger charge is 2.29. The summed E-state index contributed by atoms with van der Waals surface area (Å²) < 4.78 is 54.7. The van der Waals surface area contributed by atoms with Crippen molar-refractivity contribution < 1.29 is 22.0 Å². The quantitative estimate of drug-likeness (QED) is 0.820. The predicted molar refractivity (Wildman–Crippen MR) is 98.4 cm³/mol. The topological polar surface area (TPSA) is 66.5 Å². The predicted octanol–water partition coefficient (Wildman–Crippen LogP) is 4.05. The van der Waals surface area contributed by atoms with Gasteiger partial charge in [0.1, 0.15) is 16.5 Å². The molecule has 1 aliphatic rings. The normalized spacial score (nSPS) is 15.5. The van der Waals surface area contributed by atoms with E-state index in [1.165, 1.54) is 16.4 Å². The van der Waals surface area contributed by atoms with Gasteiger partial charge >= 0.3 is 0 Å². The number of rotatable bonds is 4. The van der Waals surface area contributed by atoms with Gasteiger partial charge in [0.15, 0.2) is 0 Å². The van der Waals surface area contributed by atoms with Crippen molar-refractivity contribution in [1.29, 1.82) is 0 Å². The molecule has 0 saturated carbocycles. The zero-order chi connectivity index (χ0) is 19.6. The molecule has 1 N–H and O–H groups in total. The zero-order valence-electron chi connectivity index (χ0n) is 14.2. The molecule has 0 aliphatic carbocycles. The summed E-state index contributed by atoms with van der Waals surface area (Å²) in [6, 6.07) is 6.76. The summed E-state index contributed by atoms with van der Waals surface area (Å²) in [7, 11) is -4.05. The molecule has 0 spiro atoms.